The van der Waals surface area contributed by atoms with Crippen molar-refractivity contribution >= 4 is 17.9 Å². The molecule has 0 atom stereocenters. The summed E-state index contributed by atoms with van der Waals surface area (Å²) in [4.78, 5) is 17.1. The van der Waals surface area contributed by atoms with Crippen LogP contribution in [0.15, 0.2) is 31.8 Å². The topological polar surface area (TPSA) is 97.9 Å². The number of hydrogen-bond acceptors (Lipinski definition) is 6. The van der Waals surface area contributed by atoms with Crippen LogP contribution in [0.2, 0.25) is 0 Å². The largest absolute Gasteiger partial charge is 0.456 e. The van der Waals surface area contributed by atoms with Gasteiger partial charge in [-0.3, -0.25) is 9.69 Å². The lowest BCUT2D eigenvalue weighted by atomic mass is 10.1. The van der Waals surface area contributed by atoms with Crippen molar-refractivity contribution in [2.75, 3.05) is 7.05 Å². The lowest BCUT2D eigenvalue weighted by Crippen LogP contribution is -2.33. The summed E-state index contributed by atoms with van der Waals surface area (Å²) in [5.41, 5.74) is 7.41. The third-order valence-electron chi connectivity index (χ3n) is 3.29. The molecule has 7 nitrogen and oxygen atoms in total. The summed E-state index contributed by atoms with van der Waals surface area (Å²) < 4.78 is 10.8. The van der Waals surface area contributed by atoms with E-state index in [0.717, 1.165) is 11.3 Å². The van der Waals surface area contributed by atoms with E-state index in [0.29, 0.717) is 17.3 Å². The maximum Gasteiger partial charge on any atom is 0.279 e. The first-order valence-electron chi connectivity index (χ1n) is 6.34. The Morgan fingerprint density at radius 3 is 2.67 bits per heavy atom. The molecule has 21 heavy (non-hydrogen) atoms. The molecule has 1 aliphatic rings. The molecular weight excluding hydrogens is 272 g/mol. The number of amides is 1. The van der Waals surface area contributed by atoms with Crippen LogP contribution in [0.25, 0.3) is 17.4 Å². The van der Waals surface area contributed by atoms with Crippen molar-refractivity contribution in [1.29, 1.82) is 0 Å². The van der Waals surface area contributed by atoms with Gasteiger partial charge in [-0.15, -0.1) is 0 Å². The van der Waals surface area contributed by atoms with Crippen LogP contribution < -0.4 is 5.73 Å². The molecule has 3 heterocycles. The van der Waals surface area contributed by atoms with Crippen LogP contribution >= 0.6 is 0 Å². The van der Waals surface area contributed by atoms with Crippen LogP contribution in [-0.2, 0) is 4.79 Å². The van der Waals surface area contributed by atoms with Crippen LogP contribution in [-0.4, -0.2) is 29.0 Å². The van der Waals surface area contributed by atoms with Gasteiger partial charge in [0.1, 0.15) is 23.0 Å². The number of nitrogens with zero attached hydrogens (tertiary/aromatic N) is 3. The molecule has 0 spiro atoms. The molecule has 0 aliphatic carbocycles. The maximum atomic E-state index is 11.9. The smallest absolute Gasteiger partial charge is 0.279 e. The molecule has 2 aromatic rings. The Bertz CT molecular complexity index is 762. The summed E-state index contributed by atoms with van der Waals surface area (Å²) in [6.07, 6.45) is 1.56. The van der Waals surface area contributed by atoms with Crippen LogP contribution in [0.4, 0.5) is 0 Å². The third-order valence-corrected chi connectivity index (χ3v) is 3.29. The quantitative estimate of drug-likeness (QED) is 0.847. The van der Waals surface area contributed by atoms with E-state index < -0.39 is 0 Å². The van der Waals surface area contributed by atoms with E-state index in [1.165, 1.54) is 4.90 Å². The Balaban J connectivity index is 1.96. The Morgan fingerprint density at radius 1 is 1.33 bits per heavy atom. The van der Waals surface area contributed by atoms with Crippen LogP contribution in [0.1, 0.15) is 17.2 Å². The average Bonchev–Trinajstić information content (AvgIpc) is 3.08. The van der Waals surface area contributed by atoms with Crippen molar-refractivity contribution in [3.05, 3.63) is 35.0 Å². The van der Waals surface area contributed by atoms with Gasteiger partial charge in [-0.25, -0.2) is 4.99 Å². The van der Waals surface area contributed by atoms with Gasteiger partial charge >= 0.3 is 0 Å². The van der Waals surface area contributed by atoms with Gasteiger partial charge in [-0.1, -0.05) is 5.16 Å². The van der Waals surface area contributed by atoms with Crippen LogP contribution in [0.5, 0.6) is 0 Å². The maximum absolute atomic E-state index is 11.9. The minimum atomic E-state index is -0.261. The van der Waals surface area contributed by atoms with Crippen molar-refractivity contribution in [1.82, 2.24) is 10.1 Å². The van der Waals surface area contributed by atoms with Crippen LogP contribution in [0.3, 0.4) is 0 Å². The first-order chi connectivity index (χ1) is 9.97. The number of likely N-dealkylation sites (N-methyl/N-ethyl adjacent to an activating group) is 1. The number of carbonyl (C=O) groups excluding carboxylic acids is 1. The van der Waals surface area contributed by atoms with Gasteiger partial charge in [0.25, 0.3) is 5.91 Å². The summed E-state index contributed by atoms with van der Waals surface area (Å²) in [5, 5.41) is 3.89. The minimum Gasteiger partial charge on any atom is -0.456 e. The monoisotopic (exact) mass is 286 g/mol. The van der Waals surface area contributed by atoms with Crippen molar-refractivity contribution in [3.63, 3.8) is 0 Å². The standard InChI is InChI=1S/C14H14N4O3/c1-7-12(8(2)21-17-7)11-5-4-9(20-11)6-10-13(19)18(3)14(15)16-10/h4-6H,1-3H3,(H2,15,16). The van der Waals surface area contributed by atoms with Crippen LogP contribution in [0, 0.1) is 13.8 Å². The highest BCUT2D eigenvalue weighted by Gasteiger charge is 2.25. The molecule has 2 N–H and O–H groups in total. The van der Waals surface area contributed by atoms with E-state index in [9.17, 15) is 4.79 Å². The Morgan fingerprint density at radius 2 is 2.10 bits per heavy atom. The molecule has 0 fully saturated rings. The lowest BCUT2D eigenvalue weighted by molar-refractivity contribution is -0.121. The molecule has 7 heteroatoms. The van der Waals surface area contributed by atoms with Crippen molar-refractivity contribution < 1.29 is 13.7 Å². The molecule has 1 aliphatic heterocycles. The second-order valence-electron chi connectivity index (χ2n) is 4.76. The third kappa shape index (κ3) is 2.12. The van der Waals surface area contributed by atoms with E-state index >= 15 is 0 Å². The number of furan rings is 1. The van der Waals surface area contributed by atoms with E-state index in [1.807, 2.05) is 13.8 Å². The van der Waals surface area contributed by atoms with E-state index in [4.69, 9.17) is 14.7 Å². The Labute approximate surface area is 120 Å². The average molecular weight is 286 g/mol. The van der Waals surface area contributed by atoms with Crippen molar-refractivity contribution in [2.45, 2.75) is 13.8 Å². The van der Waals surface area contributed by atoms with Gasteiger partial charge in [-0.05, 0) is 26.0 Å². The number of aliphatic imine (C=N–C) groups is 1. The van der Waals surface area contributed by atoms with Gasteiger partial charge in [0.2, 0.25) is 5.96 Å². The normalized spacial score (nSPS) is 16.9. The van der Waals surface area contributed by atoms with Crippen molar-refractivity contribution in [3.8, 4) is 11.3 Å². The summed E-state index contributed by atoms with van der Waals surface area (Å²) in [5.74, 6) is 1.74. The zero-order valence-corrected chi connectivity index (χ0v) is 11.9. The van der Waals surface area contributed by atoms with Gasteiger partial charge in [-0.2, -0.15) is 0 Å². The fourth-order valence-electron chi connectivity index (χ4n) is 2.15. The Hall–Kier alpha value is -2.83. The molecule has 3 rings (SSSR count). The molecule has 0 radical (unpaired) electrons. The first-order valence-corrected chi connectivity index (χ1v) is 6.34. The molecule has 0 unspecified atom stereocenters. The predicted octanol–water partition coefficient (Wildman–Crippen LogP) is 1.68. The zero-order valence-electron chi connectivity index (χ0n) is 11.9. The molecule has 0 saturated heterocycles. The molecule has 0 aromatic carbocycles. The molecule has 1 amide bonds. The number of hydrogen-bond donors (Lipinski definition) is 1. The van der Waals surface area contributed by atoms with Gasteiger partial charge in [0.05, 0.1) is 11.3 Å². The molecule has 108 valence electrons. The zero-order chi connectivity index (χ0) is 15.1. The number of nitrogens with two attached hydrogens (primary N) is 1. The van der Waals surface area contributed by atoms with E-state index in [1.54, 1.807) is 25.3 Å². The number of aromatic nitrogens is 1. The van der Waals surface area contributed by atoms with E-state index in [2.05, 4.69) is 10.1 Å². The van der Waals surface area contributed by atoms with E-state index in [-0.39, 0.29) is 17.6 Å². The summed E-state index contributed by atoms with van der Waals surface area (Å²) in [6, 6.07) is 3.56. The van der Waals surface area contributed by atoms with Gasteiger partial charge in [0.15, 0.2) is 0 Å². The lowest BCUT2D eigenvalue weighted by Gasteiger charge is -2.05. The predicted molar refractivity (Wildman–Crippen MR) is 76.0 cm³/mol. The van der Waals surface area contributed by atoms with Gasteiger partial charge < -0.3 is 14.7 Å². The highest BCUT2D eigenvalue weighted by atomic mass is 16.5. The number of rotatable bonds is 2. The fraction of sp³-hybridized carbons (Fsp3) is 0.214. The highest BCUT2D eigenvalue weighted by molar-refractivity contribution is 6.12. The molecule has 0 bridgehead atoms. The van der Waals surface area contributed by atoms with Crippen molar-refractivity contribution in [2.24, 2.45) is 10.7 Å². The Kier molecular flexibility index (Phi) is 2.90. The van der Waals surface area contributed by atoms with Gasteiger partial charge in [0, 0.05) is 13.1 Å². The summed E-state index contributed by atoms with van der Waals surface area (Å²) >= 11 is 0. The molecule has 2 aromatic heterocycles. The highest BCUT2D eigenvalue weighted by Crippen LogP contribution is 2.29. The second kappa shape index (κ2) is 4.62. The summed E-state index contributed by atoms with van der Waals surface area (Å²) in [7, 11) is 1.57. The second-order valence-corrected chi connectivity index (χ2v) is 4.76. The molecule has 0 saturated carbocycles. The molecular formula is C14H14N4O3. The number of aryl methyl sites for hydroxylation is 2. The number of carbonyl (C=O) groups is 1. The first kappa shape index (κ1) is 13.2. The summed E-state index contributed by atoms with van der Waals surface area (Å²) in [6.45, 7) is 3.66. The number of guanidine groups is 1. The SMILES string of the molecule is Cc1noc(C)c1-c1ccc(C=C2N=C(N)N(C)C2=O)o1. The fourth-order valence-corrected chi connectivity index (χ4v) is 2.15. The minimum absolute atomic E-state index is 0.170.